The van der Waals surface area contributed by atoms with Gasteiger partial charge in [-0.25, -0.2) is 0 Å². The van der Waals surface area contributed by atoms with E-state index in [0.717, 1.165) is 19.3 Å². The Kier molecular flexibility index (Phi) is 9.07. The molecule has 0 aliphatic carbocycles. The number of nitrogens with one attached hydrogen (secondary N) is 1. The fourth-order valence-corrected chi connectivity index (χ4v) is 2.39. The molecule has 0 saturated carbocycles. The molecule has 0 unspecified atom stereocenters. The Morgan fingerprint density at radius 1 is 1.18 bits per heavy atom. The van der Waals surface area contributed by atoms with Gasteiger partial charge in [-0.15, -0.1) is 0 Å². The molecule has 0 aromatic heterocycles. The first-order valence-electron chi connectivity index (χ1n) is 7.48. The van der Waals surface area contributed by atoms with Crippen LogP contribution >= 0.6 is 22.6 Å². The lowest BCUT2D eigenvalue weighted by atomic mass is 10.1. The van der Waals surface area contributed by atoms with Crippen molar-refractivity contribution in [3.05, 3.63) is 33.4 Å². The number of hydrogen-bond acceptors (Lipinski definition) is 3. The molecule has 0 aliphatic heterocycles. The topological polar surface area (TPSA) is 92.4 Å². The molecule has 1 aromatic rings. The van der Waals surface area contributed by atoms with Gasteiger partial charge in [-0.05, 0) is 72.4 Å². The second-order valence-corrected chi connectivity index (χ2v) is 6.52. The first-order valence-corrected chi connectivity index (χ1v) is 8.56. The van der Waals surface area contributed by atoms with Gasteiger partial charge in [-0.1, -0.05) is 12.1 Å². The van der Waals surface area contributed by atoms with Crippen LogP contribution in [0.1, 0.15) is 37.7 Å². The summed E-state index contributed by atoms with van der Waals surface area (Å²) in [6.07, 6.45) is 4.15. The highest BCUT2D eigenvalue weighted by Crippen LogP contribution is 2.09. The predicted molar refractivity (Wildman–Crippen MR) is 94.6 cm³/mol. The van der Waals surface area contributed by atoms with E-state index in [1.165, 1.54) is 9.13 Å². The summed E-state index contributed by atoms with van der Waals surface area (Å²) < 4.78 is 1.21. The number of carboxylic acids is 1. The van der Waals surface area contributed by atoms with Crippen LogP contribution in [-0.4, -0.2) is 29.6 Å². The van der Waals surface area contributed by atoms with Gasteiger partial charge in [-0.3, -0.25) is 9.59 Å². The molecule has 1 aromatic carbocycles. The van der Waals surface area contributed by atoms with Gasteiger partial charge in [0.05, 0.1) is 0 Å². The average Bonchev–Trinajstić information content (AvgIpc) is 2.48. The van der Waals surface area contributed by atoms with Gasteiger partial charge in [-0.2, -0.15) is 0 Å². The lowest BCUT2D eigenvalue weighted by molar-refractivity contribution is -0.138. The minimum absolute atomic E-state index is 0.0491. The summed E-state index contributed by atoms with van der Waals surface area (Å²) in [5.41, 5.74) is 6.65. The maximum absolute atomic E-state index is 11.7. The van der Waals surface area contributed by atoms with Crippen molar-refractivity contribution in [1.29, 1.82) is 0 Å². The monoisotopic (exact) mass is 422 g/mol. The van der Waals surface area contributed by atoms with E-state index >= 15 is 0 Å². The molecule has 4 N–H and O–H groups in total. The molecule has 0 spiro atoms. The number of halogens is 1. The van der Waals surface area contributed by atoms with E-state index in [0.29, 0.717) is 25.8 Å². The summed E-state index contributed by atoms with van der Waals surface area (Å²) in [5.74, 6) is -0.923. The van der Waals surface area contributed by atoms with E-state index < -0.39 is 12.0 Å². The summed E-state index contributed by atoms with van der Waals surface area (Å²) in [5, 5.41) is 11.5. The van der Waals surface area contributed by atoms with Crippen LogP contribution in [0.25, 0.3) is 0 Å². The van der Waals surface area contributed by atoms with Crippen LogP contribution < -0.4 is 11.1 Å². The normalized spacial score (nSPS) is 11.9. The molecule has 22 heavy (non-hydrogen) atoms. The minimum Gasteiger partial charge on any atom is -0.480 e. The molecule has 1 atom stereocenters. The van der Waals surface area contributed by atoms with E-state index in [1.807, 2.05) is 0 Å². The van der Waals surface area contributed by atoms with E-state index in [1.54, 1.807) is 0 Å². The zero-order valence-electron chi connectivity index (χ0n) is 12.6. The summed E-state index contributed by atoms with van der Waals surface area (Å²) in [6.45, 7) is 0.578. The summed E-state index contributed by atoms with van der Waals surface area (Å²) in [4.78, 5) is 22.2. The van der Waals surface area contributed by atoms with Crippen LogP contribution in [0.2, 0.25) is 0 Å². The SMILES string of the molecule is N[C@@H](CCCCNC(=O)CCCc1ccc([131I])cc1)C(=O)O. The average molecular weight is 422 g/mol. The molecule has 0 fully saturated rings. The van der Waals surface area contributed by atoms with Crippen molar-refractivity contribution in [2.75, 3.05) is 6.54 Å². The van der Waals surface area contributed by atoms with E-state index in [9.17, 15) is 9.59 Å². The van der Waals surface area contributed by atoms with E-state index in [2.05, 4.69) is 52.2 Å². The first kappa shape index (κ1) is 18.9. The number of amides is 1. The molecule has 0 radical (unpaired) electrons. The third kappa shape index (κ3) is 8.33. The van der Waals surface area contributed by atoms with Gasteiger partial charge >= 0.3 is 5.97 Å². The Balaban J connectivity index is 2.04. The van der Waals surface area contributed by atoms with E-state index in [4.69, 9.17) is 10.8 Å². The fourth-order valence-electron chi connectivity index (χ4n) is 2.03. The number of benzene rings is 1. The van der Waals surface area contributed by atoms with Crippen LogP contribution in [0.5, 0.6) is 0 Å². The van der Waals surface area contributed by atoms with Crippen molar-refractivity contribution in [2.45, 2.75) is 44.6 Å². The summed E-state index contributed by atoms with van der Waals surface area (Å²) in [6, 6.07) is 7.51. The number of hydrogen-bond donors (Lipinski definition) is 3. The molecule has 5 nitrogen and oxygen atoms in total. The van der Waals surface area contributed by atoms with Crippen molar-refractivity contribution >= 4 is 34.5 Å². The Labute approximate surface area is 144 Å². The molecule has 0 saturated heterocycles. The Hall–Kier alpha value is -1.15. The Morgan fingerprint density at radius 2 is 1.86 bits per heavy atom. The molecular weight excluding hydrogens is 399 g/mol. The van der Waals surface area contributed by atoms with Crippen LogP contribution in [0.15, 0.2) is 24.3 Å². The highest BCUT2D eigenvalue weighted by atomic mass is 131. The van der Waals surface area contributed by atoms with Crippen molar-refractivity contribution in [3.63, 3.8) is 0 Å². The molecule has 0 heterocycles. The molecule has 1 rings (SSSR count). The largest absolute Gasteiger partial charge is 0.480 e. The van der Waals surface area contributed by atoms with Crippen LogP contribution in [-0.2, 0) is 16.0 Å². The second-order valence-electron chi connectivity index (χ2n) is 5.27. The summed E-state index contributed by atoms with van der Waals surface area (Å²) >= 11 is 2.27. The van der Waals surface area contributed by atoms with Gasteiger partial charge in [0.1, 0.15) is 6.04 Å². The predicted octanol–water partition coefficient (Wildman–Crippen LogP) is 2.31. The lowest BCUT2D eigenvalue weighted by Crippen LogP contribution is -2.30. The maximum Gasteiger partial charge on any atom is 0.320 e. The summed E-state index contributed by atoms with van der Waals surface area (Å²) in [7, 11) is 0. The highest BCUT2D eigenvalue weighted by molar-refractivity contribution is 14.1. The standard InChI is InChI=1S/C16H23IN2O3/c17-13-9-7-12(8-10-13)4-3-6-15(20)19-11-2-1-5-14(18)16(21)22/h7-10,14H,1-6,11,18H2,(H,19,20)(H,21,22)/t14-/m0/s1/i17+4. The molecular formula is C16H23IN2O3. The zero-order chi connectivity index (χ0) is 16.4. The zero-order valence-corrected chi connectivity index (χ0v) is 14.7. The molecule has 0 aliphatic rings. The van der Waals surface area contributed by atoms with Gasteiger partial charge in [0.15, 0.2) is 0 Å². The van der Waals surface area contributed by atoms with Gasteiger partial charge in [0.25, 0.3) is 0 Å². The highest BCUT2D eigenvalue weighted by Gasteiger charge is 2.10. The molecule has 0 bridgehead atoms. The van der Waals surface area contributed by atoms with Crippen molar-refractivity contribution in [1.82, 2.24) is 5.32 Å². The number of carbonyl (C=O) groups excluding carboxylic acids is 1. The molecule has 1 amide bonds. The van der Waals surface area contributed by atoms with Crippen molar-refractivity contribution < 1.29 is 14.7 Å². The first-order chi connectivity index (χ1) is 10.5. The van der Waals surface area contributed by atoms with Gasteiger partial charge in [0.2, 0.25) is 5.91 Å². The molecule has 6 heteroatoms. The lowest BCUT2D eigenvalue weighted by Gasteiger charge is -2.07. The number of nitrogens with two attached hydrogens (primary N) is 1. The van der Waals surface area contributed by atoms with Crippen molar-refractivity contribution in [2.24, 2.45) is 5.73 Å². The number of aryl methyl sites for hydroxylation is 1. The number of unbranched alkanes of at least 4 members (excludes halogenated alkanes) is 1. The van der Waals surface area contributed by atoms with Crippen LogP contribution in [0, 0.1) is 3.57 Å². The fraction of sp³-hybridized carbons (Fsp3) is 0.500. The quantitative estimate of drug-likeness (QED) is 0.399. The van der Waals surface area contributed by atoms with Gasteiger partial charge < -0.3 is 16.2 Å². The second kappa shape index (κ2) is 10.6. The molecule has 122 valence electrons. The number of aliphatic carboxylic acids is 1. The minimum atomic E-state index is -0.973. The number of carboxylic acid groups (broad SMARTS) is 1. The third-order valence-electron chi connectivity index (χ3n) is 3.36. The Bertz CT molecular complexity index is 477. The number of carbonyl (C=O) groups is 2. The maximum atomic E-state index is 11.7. The Morgan fingerprint density at radius 3 is 2.50 bits per heavy atom. The van der Waals surface area contributed by atoms with Gasteiger partial charge in [0, 0.05) is 16.5 Å². The van der Waals surface area contributed by atoms with Crippen LogP contribution in [0.4, 0.5) is 0 Å². The smallest absolute Gasteiger partial charge is 0.320 e. The van der Waals surface area contributed by atoms with Crippen molar-refractivity contribution in [3.8, 4) is 0 Å². The number of rotatable bonds is 10. The third-order valence-corrected chi connectivity index (χ3v) is 4.08. The van der Waals surface area contributed by atoms with Crippen LogP contribution in [0.3, 0.4) is 0 Å². The van der Waals surface area contributed by atoms with E-state index in [-0.39, 0.29) is 5.91 Å².